The van der Waals surface area contributed by atoms with E-state index in [1.807, 2.05) is 36.1 Å². The molecule has 1 saturated heterocycles. The van der Waals surface area contributed by atoms with Crippen LogP contribution in [0.15, 0.2) is 24.3 Å². The first-order valence-electron chi connectivity index (χ1n) is 6.86. The molecule has 0 spiro atoms. The summed E-state index contributed by atoms with van der Waals surface area (Å²) in [6.45, 7) is 6.20. The van der Waals surface area contributed by atoms with Gasteiger partial charge in [-0.15, -0.1) is 0 Å². The van der Waals surface area contributed by atoms with Crippen molar-refractivity contribution in [3.63, 3.8) is 0 Å². The summed E-state index contributed by atoms with van der Waals surface area (Å²) in [5.41, 5.74) is 2.29. The van der Waals surface area contributed by atoms with Crippen LogP contribution in [0.1, 0.15) is 11.1 Å². The second-order valence-corrected chi connectivity index (χ2v) is 5.05. The molecule has 0 radical (unpaired) electrons. The molecule has 1 aliphatic rings. The smallest absolute Gasteiger partial charge is 0.227 e. The minimum Gasteiger partial charge on any atom is -0.395 e. The summed E-state index contributed by atoms with van der Waals surface area (Å²) in [5, 5.41) is 8.90. The molecule has 4 heteroatoms. The Balaban J connectivity index is 1.87. The number of aliphatic hydroxyl groups is 1. The average Bonchev–Trinajstić information content (AvgIpc) is 2.42. The van der Waals surface area contributed by atoms with Crippen LogP contribution in [0.4, 0.5) is 0 Å². The van der Waals surface area contributed by atoms with Crippen LogP contribution in [0.2, 0.25) is 0 Å². The Morgan fingerprint density at radius 3 is 2.53 bits per heavy atom. The van der Waals surface area contributed by atoms with Crippen LogP contribution < -0.4 is 0 Å². The number of amides is 1. The lowest BCUT2D eigenvalue weighted by molar-refractivity contribution is -0.132. The molecule has 0 unspecified atom stereocenters. The Bertz CT molecular complexity index is 426. The third-order valence-corrected chi connectivity index (χ3v) is 3.74. The number of hydrogen-bond donors (Lipinski definition) is 1. The van der Waals surface area contributed by atoms with Crippen molar-refractivity contribution in [1.82, 2.24) is 9.80 Å². The lowest BCUT2D eigenvalue weighted by atomic mass is 10.1. The number of aryl methyl sites for hydroxylation is 1. The van der Waals surface area contributed by atoms with Gasteiger partial charge in [0, 0.05) is 32.7 Å². The van der Waals surface area contributed by atoms with Crippen LogP contribution in [0.3, 0.4) is 0 Å². The minimum absolute atomic E-state index is 0.192. The number of rotatable bonds is 4. The van der Waals surface area contributed by atoms with E-state index in [0.717, 1.165) is 31.7 Å². The molecule has 0 aliphatic carbocycles. The minimum atomic E-state index is 0.192. The number of hydrogen-bond acceptors (Lipinski definition) is 3. The molecule has 1 aliphatic heterocycles. The molecule has 1 amide bonds. The highest BCUT2D eigenvalue weighted by Gasteiger charge is 2.20. The first-order valence-corrected chi connectivity index (χ1v) is 6.86. The fourth-order valence-electron chi connectivity index (χ4n) is 2.45. The number of nitrogens with zero attached hydrogens (tertiary/aromatic N) is 2. The highest BCUT2D eigenvalue weighted by atomic mass is 16.3. The first-order chi connectivity index (χ1) is 9.20. The monoisotopic (exact) mass is 262 g/mol. The molecule has 0 atom stereocenters. The summed E-state index contributed by atoms with van der Waals surface area (Å²) in [4.78, 5) is 16.4. The predicted molar refractivity (Wildman–Crippen MR) is 75.0 cm³/mol. The standard InChI is InChI=1S/C15H22N2O2/c1-13-4-2-3-5-14(13)12-15(19)17-8-6-16(7-9-17)10-11-18/h2-5,18H,6-12H2,1H3. The van der Waals surface area contributed by atoms with E-state index >= 15 is 0 Å². The molecule has 1 aromatic carbocycles. The molecule has 1 aromatic rings. The van der Waals surface area contributed by atoms with E-state index in [1.165, 1.54) is 5.56 Å². The lowest BCUT2D eigenvalue weighted by Crippen LogP contribution is -2.49. The van der Waals surface area contributed by atoms with Crippen LogP contribution in [0.25, 0.3) is 0 Å². The topological polar surface area (TPSA) is 43.8 Å². The van der Waals surface area contributed by atoms with Crippen molar-refractivity contribution >= 4 is 5.91 Å². The van der Waals surface area contributed by atoms with Gasteiger partial charge in [0.15, 0.2) is 0 Å². The van der Waals surface area contributed by atoms with Gasteiger partial charge in [-0.3, -0.25) is 9.69 Å². The number of benzene rings is 1. The molecular weight excluding hydrogens is 240 g/mol. The predicted octanol–water partition coefficient (Wildman–Crippen LogP) is 0.674. The molecule has 4 nitrogen and oxygen atoms in total. The molecule has 0 saturated carbocycles. The summed E-state index contributed by atoms with van der Waals surface area (Å²) >= 11 is 0. The van der Waals surface area contributed by atoms with E-state index < -0.39 is 0 Å². The molecule has 1 heterocycles. The summed E-state index contributed by atoms with van der Waals surface area (Å²) in [6, 6.07) is 8.04. The number of carbonyl (C=O) groups excluding carboxylic acids is 1. The summed E-state index contributed by atoms with van der Waals surface area (Å²) in [6.07, 6.45) is 0.493. The van der Waals surface area contributed by atoms with Gasteiger partial charge in [0.2, 0.25) is 5.91 Å². The van der Waals surface area contributed by atoms with E-state index in [4.69, 9.17) is 5.11 Å². The number of carbonyl (C=O) groups is 1. The second-order valence-electron chi connectivity index (χ2n) is 5.05. The zero-order valence-electron chi connectivity index (χ0n) is 11.5. The Labute approximate surface area is 114 Å². The SMILES string of the molecule is Cc1ccccc1CC(=O)N1CCN(CCO)CC1. The van der Waals surface area contributed by atoms with E-state index in [1.54, 1.807) is 0 Å². The van der Waals surface area contributed by atoms with Crippen molar-refractivity contribution in [1.29, 1.82) is 0 Å². The van der Waals surface area contributed by atoms with Gasteiger partial charge in [0.05, 0.1) is 13.0 Å². The van der Waals surface area contributed by atoms with Crippen LogP contribution >= 0.6 is 0 Å². The van der Waals surface area contributed by atoms with Gasteiger partial charge in [0.25, 0.3) is 0 Å². The normalized spacial score (nSPS) is 16.6. The second kappa shape index (κ2) is 6.68. The van der Waals surface area contributed by atoms with E-state index in [2.05, 4.69) is 4.90 Å². The van der Waals surface area contributed by atoms with Crippen molar-refractivity contribution in [2.75, 3.05) is 39.3 Å². The van der Waals surface area contributed by atoms with Gasteiger partial charge >= 0.3 is 0 Å². The first kappa shape index (κ1) is 14.0. The maximum atomic E-state index is 12.2. The molecule has 1 fully saturated rings. The fraction of sp³-hybridized carbons (Fsp3) is 0.533. The van der Waals surface area contributed by atoms with Gasteiger partial charge < -0.3 is 10.0 Å². The van der Waals surface area contributed by atoms with Gasteiger partial charge in [-0.2, -0.15) is 0 Å². The Hall–Kier alpha value is -1.39. The third kappa shape index (κ3) is 3.78. The zero-order valence-corrected chi connectivity index (χ0v) is 11.5. The maximum Gasteiger partial charge on any atom is 0.227 e. The highest BCUT2D eigenvalue weighted by Crippen LogP contribution is 2.10. The molecule has 2 rings (SSSR count). The van der Waals surface area contributed by atoms with Gasteiger partial charge in [-0.05, 0) is 18.1 Å². The Morgan fingerprint density at radius 2 is 1.89 bits per heavy atom. The van der Waals surface area contributed by atoms with Crippen LogP contribution in [0.5, 0.6) is 0 Å². The Kier molecular flexibility index (Phi) is 4.93. The Morgan fingerprint density at radius 1 is 1.21 bits per heavy atom. The van der Waals surface area contributed by atoms with Crippen molar-refractivity contribution in [3.05, 3.63) is 35.4 Å². The molecule has 0 aromatic heterocycles. The summed E-state index contributed by atoms with van der Waals surface area (Å²) in [7, 11) is 0. The number of aliphatic hydroxyl groups excluding tert-OH is 1. The van der Waals surface area contributed by atoms with E-state index in [-0.39, 0.29) is 12.5 Å². The van der Waals surface area contributed by atoms with Crippen molar-refractivity contribution < 1.29 is 9.90 Å². The van der Waals surface area contributed by atoms with Crippen molar-refractivity contribution in [3.8, 4) is 0 Å². The molecule has 104 valence electrons. The maximum absolute atomic E-state index is 12.2. The van der Waals surface area contributed by atoms with Gasteiger partial charge in [-0.1, -0.05) is 24.3 Å². The molecule has 1 N–H and O–H groups in total. The average molecular weight is 262 g/mol. The zero-order chi connectivity index (χ0) is 13.7. The fourth-order valence-corrected chi connectivity index (χ4v) is 2.45. The summed E-state index contributed by atoms with van der Waals surface area (Å²) < 4.78 is 0. The third-order valence-electron chi connectivity index (χ3n) is 3.74. The quantitative estimate of drug-likeness (QED) is 0.867. The van der Waals surface area contributed by atoms with Crippen molar-refractivity contribution in [2.24, 2.45) is 0 Å². The van der Waals surface area contributed by atoms with Gasteiger partial charge in [-0.25, -0.2) is 0 Å². The number of piperazine rings is 1. The van der Waals surface area contributed by atoms with Crippen LogP contribution in [-0.2, 0) is 11.2 Å². The molecule has 19 heavy (non-hydrogen) atoms. The molecular formula is C15H22N2O2. The lowest BCUT2D eigenvalue weighted by Gasteiger charge is -2.34. The van der Waals surface area contributed by atoms with Crippen LogP contribution in [-0.4, -0.2) is 60.1 Å². The summed E-state index contributed by atoms with van der Waals surface area (Å²) in [5.74, 6) is 0.206. The largest absolute Gasteiger partial charge is 0.395 e. The van der Waals surface area contributed by atoms with E-state index in [0.29, 0.717) is 13.0 Å². The highest BCUT2D eigenvalue weighted by molar-refractivity contribution is 5.79. The molecule has 0 bridgehead atoms. The van der Waals surface area contributed by atoms with Crippen molar-refractivity contribution in [2.45, 2.75) is 13.3 Å². The van der Waals surface area contributed by atoms with Crippen LogP contribution in [0, 0.1) is 6.92 Å². The van der Waals surface area contributed by atoms with E-state index in [9.17, 15) is 4.79 Å². The number of β-amino-alcohol motifs (C(OH)–C–C–N with tert-alkyl or cyclic N) is 1. The van der Waals surface area contributed by atoms with Gasteiger partial charge in [0.1, 0.15) is 0 Å².